The van der Waals surface area contributed by atoms with Crippen LogP contribution in [0.15, 0.2) is 0 Å². The van der Waals surface area contributed by atoms with Crippen molar-refractivity contribution in [1.82, 2.24) is 15.5 Å². The van der Waals surface area contributed by atoms with Gasteiger partial charge in [0.25, 0.3) is 0 Å². The van der Waals surface area contributed by atoms with Crippen LogP contribution < -0.4 is 10.6 Å². The number of rotatable bonds is 8. The first-order chi connectivity index (χ1) is 11.7. The molecule has 0 aromatic carbocycles. The van der Waals surface area contributed by atoms with Crippen molar-refractivity contribution in [1.29, 1.82) is 0 Å². The fraction of sp³-hybridized carbons (Fsp3) is 0.824. The molecule has 0 radical (unpaired) electrons. The maximum atomic E-state index is 11.7. The Balaban J connectivity index is 2.28. The Morgan fingerprint density at radius 1 is 1.32 bits per heavy atom. The molecule has 0 aromatic rings. The van der Waals surface area contributed by atoms with E-state index in [0.717, 1.165) is 19.3 Å². The van der Waals surface area contributed by atoms with Gasteiger partial charge in [-0.25, -0.2) is 4.79 Å². The third-order valence-electron chi connectivity index (χ3n) is 4.20. The van der Waals surface area contributed by atoms with E-state index in [1.54, 1.807) is 20.8 Å². The first-order valence-electron chi connectivity index (χ1n) is 8.63. The first kappa shape index (κ1) is 21.4. The number of hydrogen-bond donors (Lipinski definition) is 2. The zero-order valence-electron chi connectivity index (χ0n) is 15.8. The van der Waals surface area contributed by atoms with Crippen molar-refractivity contribution in [2.45, 2.75) is 63.8 Å². The minimum absolute atomic E-state index is 0.174. The van der Waals surface area contributed by atoms with E-state index < -0.39 is 17.7 Å². The largest absolute Gasteiger partial charge is 0.468 e. The van der Waals surface area contributed by atoms with Gasteiger partial charge < -0.3 is 24.9 Å². The molecule has 8 nitrogen and oxygen atoms in total. The summed E-state index contributed by atoms with van der Waals surface area (Å²) in [5.74, 6) is -0.194. The number of ether oxygens (including phenoxy) is 2. The predicted molar refractivity (Wildman–Crippen MR) is 93.3 cm³/mol. The molecule has 1 aliphatic heterocycles. The highest BCUT2D eigenvalue weighted by molar-refractivity contribution is 5.76. The normalized spacial score (nSPS) is 22.3. The molecule has 1 rings (SSSR count). The van der Waals surface area contributed by atoms with Crippen LogP contribution in [-0.4, -0.2) is 74.2 Å². The van der Waals surface area contributed by atoms with Gasteiger partial charge in [-0.1, -0.05) is 0 Å². The molecule has 0 aromatic heterocycles. The summed E-state index contributed by atoms with van der Waals surface area (Å²) in [5, 5.41) is 5.69. The molecule has 1 heterocycles. The monoisotopic (exact) mass is 357 g/mol. The van der Waals surface area contributed by atoms with Gasteiger partial charge in [0.15, 0.2) is 0 Å². The summed E-state index contributed by atoms with van der Waals surface area (Å²) in [6, 6.07) is -0.518. The van der Waals surface area contributed by atoms with Crippen LogP contribution in [0.1, 0.15) is 40.0 Å². The lowest BCUT2D eigenvalue weighted by atomic mass is 10.1. The molecule has 8 heteroatoms. The van der Waals surface area contributed by atoms with Crippen molar-refractivity contribution in [3.05, 3.63) is 0 Å². The molecule has 1 saturated heterocycles. The van der Waals surface area contributed by atoms with E-state index in [0.29, 0.717) is 25.4 Å². The average molecular weight is 357 g/mol. The van der Waals surface area contributed by atoms with Gasteiger partial charge in [0, 0.05) is 12.6 Å². The molecular weight excluding hydrogens is 326 g/mol. The van der Waals surface area contributed by atoms with Gasteiger partial charge in [-0.15, -0.1) is 0 Å². The molecule has 1 amide bonds. The number of nitrogens with zero attached hydrogens (tertiary/aromatic N) is 1. The molecule has 144 valence electrons. The van der Waals surface area contributed by atoms with Crippen LogP contribution in [0.2, 0.25) is 0 Å². The summed E-state index contributed by atoms with van der Waals surface area (Å²) in [7, 11) is 3.33. The zero-order valence-corrected chi connectivity index (χ0v) is 15.8. The lowest BCUT2D eigenvalue weighted by Gasteiger charge is -2.24. The molecule has 2 N–H and O–H groups in total. The second-order valence-electron chi connectivity index (χ2n) is 7.32. The van der Waals surface area contributed by atoms with Crippen molar-refractivity contribution in [3.8, 4) is 0 Å². The fourth-order valence-electron chi connectivity index (χ4n) is 2.90. The number of carbonyl (C=O) groups is 3. The maximum absolute atomic E-state index is 11.7. The third kappa shape index (κ3) is 7.39. The molecule has 0 aliphatic carbocycles. The number of alkyl carbamates (subject to hydrolysis) is 1. The Morgan fingerprint density at radius 2 is 2.00 bits per heavy atom. The SMILES string of the molecule is COC(=O)C1CC[C@H](CCNCC(C=O)NC(=O)OC(C)(C)C)N1C. The lowest BCUT2D eigenvalue weighted by molar-refractivity contribution is -0.145. The summed E-state index contributed by atoms with van der Waals surface area (Å²) in [4.78, 5) is 36.5. The number of hydrogen-bond acceptors (Lipinski definition) is 7. The average Bonchev–Trinajstić information content (AvgIpc) is 2.88. The van der Waals surface area contributed by atoms with E-state index in [1.165, 1.54) is 7.11 Å². The first-order valence-corrected chi connectivity index (χ1v) is 8.63. The number of likely N-dealkylation sites (tertiary alicyclic amines) is 1. The molecule has 0 saturated carbocycles. The summed E-state index contributed by atoms with van der Waals surface area (Å²) in [6.45, 7) is 6.31. The van der Waals surface area contributed by atoms with Crippen LogP contribution in [0.25, 0.3) is 0 Å². The predicted octanol–water partition coefficient (Wildman–Crippen LogP) is 0.694. The number of nitrogens with one attached hydrogen (secondary N) is 2. The van der Waals surface area contributed by atoms with Gasteiger partial charge in [0.2, 0.25) is 0 Å². The number of methoxy groups -OCH3 is 1. The molecular formula is C17H31N3O5. The number of aldehydes is 1. The number of amides is 1. The molecule has 25 heavy (non-hydrogen) atoms. The van der Waals surface area contributed by atoms with Crippen LogP contribution in [-0.2, 0) is 19.1 Å². The molecule has 0 spiro atoms. The topological polar surface area (TPSA) is 97.0 Å². The second kappa shape index (κ2) is 9.72. The van der Waals surface area contributed by atoms with Gasteiger partial charge in [0.1, 0.15) is 24.0 Å². The highest BCUT2D eigenvalue weighted by Gasteiger charge is 2.35. The summed E-state index contributed by atoms with van der Waals surface area (Å²) >= 11 is 0. The second-order valence-corrected chi connectivity index (χ2v) is 7.32. The highest BCUT2D eigenvalue weighted by Crippen LogP contribution is 2.24. The minimum atomic E-state index is -0.640. The molecule has 2 unspecified atom stereocenters. The van der Waals surface area contributed by atoms with Crippen LogP contribution in [0.5, 0.6) is 0 Å². The quantitative estimate of drug-likeness (QED) is 0.375. The smallest absolute Gasteiger partial charge is 0.408 e. The van der Waals surface area contributed by atoms with Crippen molar-refractivity contribution in [2.24, 2.45) is 0 Å². The van der Waals surface area contributed by atoms with Crippen LogP contribution in [0.3, 0.4) is 0 Å². The third-order valence-corrected chi connectivity index (χ3v) is 4.20. The Morgan fingerprint density at radius 3 is 2.56 bits per heavy atom. The van der Waals surface area contributed by atoms with Crippen LogP contribution >= 0.6 is 0 Å². The van der Waals surface area contributed by atoms with Crippen molar-refractivity contribution >= 4 is 18.3 Å². The summed E-state index contributed by atoms with van der Waals surface area (Å²) in [5.41, 5.74) is -0.603. The van der Waals surface area contributed by atoms with E-state index >= 15 is 0 Å². The van der Waals surface area contributed by atoms with Crippen LogP contribution in [0.4, 0.5) is 4.79 Å². The molecule has 1 fully saturated rings. The molecule has 3 atom stereocenters. The Kier molecular flexibility index (Phi) is 8.31. The van der Waals surface area contributed by atoms with E-state index in [9.17, 15) is 14.4 Å². The van der Waals surface area contributed by atoms with Crippen molar-refractivity contribution in [3.63, 3.8) is 0 Å². The van der Waals surface area contributed by atoms with Gasteiger partial charge in [-0.05, 0) is 53.6 Å². The molecule has 1 aliphatic rings. The molecule has 0 bridgehead atoms. The summed E-state index contributed by atoms with van der Waals surface area (Å²) < 4.78 is 9.94. The number of likely N-dealkylation sites (N-methyl/N-ethyl adjacent to an activating group) is 1. The highest BCUT2D eigenvalue weighted by atomic mass is 16.6. The Labute approximate surface area is 149 Å². The van der Waals surface area contributed by atoms with E-state index in [4.69, 9.17) is 9.47 Å². The zero-order chi connectivity index (χ0) is 19.0. The van der Waals surface area contributed by atoms with E-state index in [-0.39, 0.29) is 12.0 Å². The van der Waals surface area contributed by atoms with Crippen molar-refractivity contribution < 1.29 is 23.9 Å². The number of esters is 1. The Bertz CT molecular complexity index is 464. The van der Waals surface area contributed by atoms with E-state index in [2.05, 4.69) is 10.6 Å². The van der Waals surface area contributed by atoms with Gasteiger partial charge in [0.05, 0.1) is 7.11 Å². The summed E-state index contributed by atoms with van der Waals surface area (Å²) in [6.07, 6.45) is 2.66. The standard InChI is InChI=1S/C17H31N3O5/c1-17(2,3)25-16(23)19-12(11-21)10-18-9-8-13-6-7-14(20(13)4)15(22)24-5/h11-14,18H,6-10H2,1-5H3,(H,19,23)/t12?,13-,14?/m1/s1. The Hall–Kier alpha value is -1.67. The van der Waals surface area contributed by atoms with Crippen LogP contribution in [0, 0.1) is 0 Å². The van der Waals surface area contributed by atoms with Gasteiger partial charge in [-0.2, -0.15) is 0 Å². The number of carbonyl (C=O) groups excluding carboxylic acids is 3. The fourth-order valence-corrected chi connectivity index (χ4v) is 2.90. The van der Waals surface area contributed by atoms with E-state index in [1.807, 2.05) is 11.9 Å². The lowest BCUT2D eigenvalue weighted by Crippen LogP contribution is -2.46. The minimum Gasteiger partial charge on any atom is -0.468 e. The van der Waals surface area contributed by atoms with Gasteiger partial charge in [-0.3, -0.25) is 9.69 Å². The van der Waals surface area contributed by atoms with Crippen molar-refractivity contribution in [2.75, 3.05) is 27.2 Å². The maximum Gasteiger partial charge on any atom is 0.408 e. The van der Waals surface area contributed by atoms with Gasteiger partial charge >= 0.3 is 12.1 Å².